The van der Waals surface area contributed by atoms with E-state index in [2.05, 4.69) is 5.10 Å². The van der Waals surface area contributed by atoms with Crippen molar-refractivity contribution in [1.82, 2.24) is 9.78 Å². The van der Waals surface area contributed by atoms with E-state index < -0.39 is 0 Å². The second-order valence-electron chi connectivity index (χ2n) is 3.26. The first-order chi connectivity index (χ1) is 7.58. The number of benzene rings is 1. The fourth-order valence-corrected chi connectivity index (χ4v) is 1.57. The number of nitrogens with one attached hydrogen (secondary N) is 1. The smallest absolute Gasteiger partial charge is 0.215 e. The van der Waals surface area contributed by atoms with Gasteiger partial charge in [0.15, 0.2) is 0 Å². The Morgan fingerprint density at radius 2 is 2.12 bits per heavy atom. The number of hydrogen-bond acceptors (Lipinski definition) is 3. The van der Waals surface area contributed by atoms with Crippen molar-refractivity contribution < 1.29 is 0 Å². The van der Waals surface area contributed by atoms with Gasteiger partial charge in [0.05, 0.1) is 5.69 Å². The molecule has 1 aromatic heterocycles. The van der Waals surface area contributed by atoms with Gasteiger partial charge in [0.1, 0.15) is 5.82 Å². The van der Waals surface area contributed by atoms with Crippen molar-refractivity contribution in [1.29, 1.82) is 5.41 Å². The fraction of sp³-hybridized carbons (Fsp3) is 0. The van der Waals surface area contributed by atoms with Gasteiger partial charge in [-0.3, -0.25) is 5.41 Å². The topological polar surface area (TPSA) is 93.7 Å². The summed E-state index contributed by atoms with van der Waals surface area (Å²) in [6.45, 7) is 0. The van der Waals surface area contributed by atoms with E-state index in [1.165, 1.54) is 0 Å². The normalized spacial score (nSPS) is 10.3. The van der Waals surface area contributed by atoms with Crippen LogP contribution < -0.4 is 11.5 Å². The van der Waals surface area contributed by atoms with E-state index in [1.54, 1.807) is 18.2 Å². The molecule has 0 bridgehead atoms. The van der Waals surface area contributed by atoms with Crippen molar-refractivity contribution in [2.45, 2.75) is 0 Å². The molecule has 0 spiro atoms. The van der Waals surface area contributed by atoms with Crippen LogP contribution in [0, 0.1) is 5.41 Å². The highest BCUT2D eigenvalue weighted by Gasteiger charge is 2.08. The van der Waals surface area contributed by atoms with Crippen molar-refractivity contribution in [3.63, 3.8) is 0 Å². The van der Waals surface area contributed by atoms with Crippen LogP contribution in [0.3, 0.4) is 0 Å². The quantitative estimate of drug-likeness (QED) is 0.517. The highest BCUT2D eigenvalue weighted by Crippen LogP contribution is 2.22. The molecule has 2 aromatic rings. The van der Waals surface area contributed by atoms with E-state index in [0.717, 1.165) is 10.2 Å². The minimum Gasteiger partial charge on any atom is -0.383 e. The van der Waals surface area contributed by atoms with Gasteiger partial charge in [-0.1, -0.05) is 23.7 Å². The Hall–Kier alpha value is -2.01. The Kier molecular flexibility index (Phi) is 2.54. The highest BCUT2D eigenvalue weighted by atomic mass is 35.5. The maximum Gasteiger partial charge on any atom is 0.215 e. The van der Waals surface area contributed by atoms with E-state index in [4.69, 9.17) is 28.5 Å². The minimum absolute atomic E-state index is 0.217. The molecule has 5 nitrogen and oxygen atoms in total. The molecule has 0 aliphatic heterocycles. The summed E-state index contributed by atoms with van der Waals surface area (Å²) in [5, 5.41) is 12.0. The molecule has 0 fully saturated rings. The molecule has 2 rings (SSSR count). The van der Waals surface area contributed by atoms with Crippen molar-refractivity contribution >= 4 is 23.4 Å². The molecule has 0 unspecified atom stereocenters. The zero-order valence-electron chi connectivity index (χ0n) is 8.31. The number of hydrogen-bond donors (Lipinski definition) is 3. The van der Waals surface area contributed by atoms with Crippen LogP contribution in [-0.4, -0.2) is 15.7 Å². The van der Waals surface area contributed by atoms with Gasteiger partial charge in [-0.15, -0.1) is 0 Å². The summed E-state index contributed by atoms with van der Waals surface area (Å²) in [4.78, 5) is 0. The van der Waals surface area contributed by atoms with Crippen LogP contribution in [0.4, 0.5) is 5.82 Å². The summed E-state index contributed by atoms with van der Waals surface area (Å²) in [5.74, 6) is 0.105. The maximum absolute atomic E-state index is 7.27. The van der Waals surface area contributed by atoms with E-state index in [1.807, 2.05) is 12.1 Å². The second kappa shape index (κ2) is 3.86. The van der Waals surface area contributed by atoms with Gasteiger partial charge in [0.25, 0.3) is 0 Å². The Morgan fingerprint density at radius 3 is 2.69 bits per heavy atom. The summed E-state index contributed by atoms with van der Waals surface area (Å²) in [5.41, 5.74) is 12.4. The summed E-state index contributed by atoms with van der Waals surface area (Å²) in [6, 6.07) is 8.87. The Bertz CT molecular complexity index is 546. The molecule has 0 saturated heterocycles. The van der Waals surface area contributed by atoms with Gasteiger partial charge >= 0.3 is 0 Å². The number of anilines is 1. The minimum atomic E-state index is -0.217. The Balaban J connectivity index is 2.49. The van der Waals surface area contributed by atoms with Crippen LogP contribution in [0.15, 0.2) is 30.3 Å². The molecule has 1 heterocycles. The van der Waals surface area contributed by atoms with E-state index in [-0.39, 0.29) is 5.96 Å². The number of halogens is 1. The lowest BCUT2D eigenvalue weighted by Gasteiger charge is -1.98. The molecule has 0 aliphatic carbocycles. The number of nitrogens with two attached hydrogens (primary N) is 2. The predicted octanol–water partition coefficient (Wildman–Crippen LogP) is 1.53. The lowest BCUT2D eigenvalue weighted by molar-refractivity contribution is 0.925. The van der Waals surface area contributed by atoms with Crippen molar-refractivity contribution in [2.24, 2.45) is 5.73 Å². The first kappa shape index (κ1) is 10.5. The molecular formula is C10H10ClN5. The first-order valence-electron chi connectivity index (χ1n) is 4.54. The average molecular weight is 236 g/mol. The van der Waals surface area contributed by atoms with Crippen LogP contribution >= 0.6 is 11.6 Å². The average Bonchev–Trinajstić information content (AvgIpc) is 2.60. The van der Waals surface area contributed by atoms with Crippen LogP contribution in [0.1, 0.15) is 0 Å². The van der Waals surface area contributed by atoms with Crippen LogP contribution in [0.2, 0.25) is 5.02 Å². The molecule has 5 N–H and O–H groups in total. The number of nitrogen functional groups attached to an aromatic ring is 2. The van der Waals surface area contributed by atoms with Crippen LogP contribution in [0.5, 0.6) is 0 Å². The molecule has 1 aromatic carbocycles. The molecular weight excluding hydrogens is 226 g/mol. The van der Waals surface area contributed by atoms with Gasteiger partial charge in [0, 0.05) is 16.7 Å². The number of rotatable bonds is 1. The summed E-state index contributed by atoms with van der Waals surface area (Å²) < 4.78 is 1.16. The maximum atomic E-state index is 7.27. The lowest BCUT2D eigenvalue weighted by atomic mass is 10.1. The SMILES string of the molecule is N=C(N)n1nc(-c2cccc(Cl)c2)cc1N. The number of nitrogens with zero attached hydrogens (tertiary/aromatic N) is 2. The zero-order chi connectivity index (χ0) is 11.7. The molecule has 0 radical (unpaired) electrons. The predicted molar refractivity (Wildman–Crippen MR) is 64.4 cm³/mol. The van der Waals surface area contributed by atoms with Crippen molar-refractivity contribution in [2.75, 3.05) is 5.73 Å². The van der Waals surface area contributed by atoms with Crippen LogP contribution in [-0.2, 0) is 0 Å². The van der Waals surface area contributed by atoms with Crippen LogP contribution in [0.25, 0.3) is 11.3 Å². The van der Waals surface area contributed by atoms with E-state index >= 15 is 0 Å². The largest absolute Gasteiger partial charge is 0.383 e. The van der Waals surface area contributed by atoms with Gasteiger partial charge in [0.2, 0.25) is 5.96 Å². The van der Waals surface area contributed by atoms with Gasteiger partial charge < -0.3 is 11.5 Å². The summed E-state index contributed by atoms with van der Waals surface area (Å²) in [7, 11) is 0. The second-order valence-corrected chi connectivity index (χ2v) is 3.70. The fourth-order valence-electron chi connectivity index (χ4n) is 1.38. The molecule has 0 amide bonds. The Labute approximate surface area is 97.1 Å². The molecule has 6 heteroatoms. The highest BCUT2D eigenvalue weighted by molar-refractivity contribution is 6.30. The monoisotopic (exact) mass is 235 g/mol. The molecule has 16 heavy (non-hydrogen) atoms. The standard InChI is InChI=1S/C10H10ClN5/c11-7-3-1-2-6(4-7)8-5-9(12)16(15-8)10(13)14/h1-5H,12H2,(H3,13,14). The van der Waals surface area contributed by atoms with Gasteiger partial charge in [-0.05, 0) is 12.1 Å². The van der Waals surface area contributed by atoms with Gasteiger partial charge in [-0.25, -0.2) is 0 Å². The van der Waals surface area contributed by atoms with E-state index in [0.29, 0.717) is 16.5 Å². The summed E-state index contributed by atoms with van der Waals surface area (Å²) >= 11 is 5.87. The third-order valence-corrected chi connectivity index (χ3v) is 2.32. The molecule has 0 saturated carbocycles. The Morgan fingerprint density at radius 1 is 1.38 bits per heavy atom. The van der Waals surface area contributed by atoms with Crippen molar-refractivity contribution in [3.8, 4) is 11.3 Å². The molecule has 82 valence electrons. The van der Waals surface area contributed by atoms with Crippen molar-refractivity contribution in [3.05, 3.63) is 35.4 Å². The third kappa shape index (κ3) is 1.85. The molecule has 0 aliphatic rings. The number of aromatic nitrogens is 2. The lowest BCUT2D eigenvalue weighted by Crippen LogP contribution is -2.23. The third-order valence-electron chi connectivity index (χ3n) is 2.09. The zero-order valence-corrected chi connectivity index (χ0v) is 9.07. The summed E-state index contributed by atoms with van der Waals surface area (Å²) in [6.07, 6.45) is 0. The molecule has 0 atom stereocenters. The van der Waals surface area contributed by atoms with Gasteiger partial charge in [-0.2, -0.15) is 9.78 Å². The van der Waals surface area contributed by atoms with E-state index in [9.17, 15) is 0 Å². The first-order valence-corrected chi connectivity index (χ1v) is 4.91.